The Labute approximate surface area is 108 Å². The number of aryl methyl sites for hydroxylation is 2. The van der Waals surface area contributed by atoms with Crippen LogP contribution < -0.4 is 5.73 Å². The van der Waals surface area contributed by atoms with Crippen molar-refractivity contribution in [3.05, 3.63) is 34.9 Å². The molecule has 3 N–H and O–H groups in total. The van der Waals surface area contributed by atoms with Gasteiger partial charge in [0.15, 0.2) is 0 Å². The number of aliphatic hydroxyl groups is 1. The maximum absolute atomic E-state index is 9.55. The van der Waals surface area contributed by atoms with Crippen LogP contribution in [0.15, 0.2) is 18.2 Å². The van der Waals surface area contributed by atoms with E-state index in [9.17, 15) is 5.11 Å². The zero-order valence-electron chi connectivity index (χ0n) is 10.7. The molecule has 3 rings (SSSR count). The van der Waals surface area contributed by atoms with E-state index in [-0.39, 0.29) is 18.1 Å². The van der Waals surface area contributed by atoms with Crippen molar-refractivity contribution >= 4 is 0 Å². The fourth-order valence-electron chi connectivity index (χ4n) is 3.03. The molecule has 1 aliphatic carbocycles. The molecule has 0 bridgehead atoms. The largest absolute Gasteiger partial charge is 0.396 e. The van der Waals surface area contributed by atoms with Crippen LogP contribution in [-0.4, -0.2) is 24.9 Å². The SMILES string of the molecule is NC(c1ccc2c(c1)CCCC2)C1(CO)COC1. The standard InChI is InChI=1S/C15H21NO2/c16-14(15(8-17)9-18-10-15)13-6-5-11-3-1-2-4-12(11)7-13/h5-7,14,17H,1-4,8-10,16H2. The molecule has 3 heteroatoms. The van der Waals surface area contributed by atoms with E-state index in [0.29, 0.717) is 13.2 Å². The lowest BCUT2D eigenvalue weighted by atomic mass is 9.75. The van der Waals surface area contributed by atoms with Crippen LogP contribution in [0, 0.1) is 5.41 Å². The van der Waals surface area contributed by atoms with Crippen molar-refractivity contribution in [2.75, 3.05) is 19.8 Å². The van der Waals surface area contributed by atoms with Crippen LogP contribution in [0.2, 0.25) is 0 Å². The van der Waals surface area contributed by atoms with Gasteiger partial charge < -0.3 is 15.6 Å². The smallest absolute Gasteiger partial charge is 0.0594 e. The Bertz CT molecular complexity index is 435. The van der Waals surface area contributed by atoms with Crippen molar-refractivity contribution in [2.45, 2.75) is 31.7 Å². The first-order valence-electron chi connectivity index (χ1n) is 6.81. The van der Waals surface area contributed by atoms with Gasteiger partial charge in [-0.15, -0.1) is 0 Å². The minimum absolute atomic E-state index is 0.102. The first-order chi connectivity index (χ1) is 8.75. The van der Waals surface area contributed by atoms with E-state index in [1.165, 1.54) is 36.8 Å². The summed E-state index contributed by atoms with van der Waals surface area (Å²) < 4.78 is 5.24. The molecule has 0 aromatic heterocycles. The molecule has 18 heavy (non-hydrogen) atoms. The molecule has 2 aliphatic rings. The summed E-state index contributed by atoms with van der Waals surface area (Å²) in [6, 6.07) is 6.47. The Hall–Kier alpha value is -0.900. The number of hydrogen-bond acceptors (Lipinski definition) is 3. The number of hydrogen-bond donors (Lipinski definition) is 2. The number of ether oxygens (including phenoxy) is 1. The van der Waals surface area contributed by atoms with Crippen LogP contribution in [0.25, 0.3) is 0 Å². The summed E-state index contributed by atoms with van der Waals surface area (Å²) in [5.74, 6) is 0. The summed E-state index contributed by atoms with van der Waals surface area (Å²) in [6.07, 6.45) is 4.93. The van der Waals surface area contributed by atoms with Crippen molar-refractivity contribution in [3.8, 4) is 0 Å². The highest BCUT2D eigenvalue weighted by molar-refractivity contribution is 5.36. The Kier molecular flexibility index (Phi) is 3.14. The predicted molar refractivity (Wildman–Crippen MR) is 70.4 cm³/mol. The van der Waals surface area contributed by atoms with Crippen LogP contribution in [0.3, 0.4) is 0 Å². The first kappa shape index (κ1) is 12.2. The molecule has 1 aromatic carbocycles. The molecule has 1 aromatic rings. The van der Waals surface area contributed by atoms with Crippen LogP contribution in [0.1, 0.15) is 35.6 Å². The minimum atomic E-state index is -0.261. The van der Waals surface area contributed by atoms with E-state index >= 15 is 0 Å². The Balaban J connectivity index is 1.87. The van der Waals surface area contributed by atoms with Gasteiger partial charge in [-0.3, -0.25) is 0 Å². The Morgan fingerprint density at radius 3 is 2.56 bits per heavy atom. The first-order valence-corrected chi connectivity index (χ1v) is 6.81. The van der Waals surface area contributed by atoms with E-state index in [0.717, 1.165) is 5.56 Å². The quantitative estimate of drug-likeness (QED) is 0.852. The van der Waals surface area contributed by atoms with Crippen molar-refractivity contribution in [1.29, 1.82) is 0 Å². The monoisotopic (exact) mass is 247 g/mol. The minimum Gasteiger partial charge on any atom is -0.396 e. The maximum Gasteiger partial charge on any atom is 0.0594 e. The van der Waals surface area contributed by atoms with Gasteiger partial charge in [-0.05, 0) is 42.4 Å². The molecule has 1 atom stereocenters. The highest BCUT2D eigenvalue weighted by atomic mass is 16.5. The lowest BCUT2D eigenvalue weighted by Crippen LogP contribution is -2.52. The molecule has 0 amide bonds. The summed E-state index contributed by atoms with van der Waals surface area (Å²) in [6.45, 7) is 1.24. The number of aliphatic hydroxyl groups excluding tert-OH is 1. The maximum atomic E-state index is 9.55. The Morgan fingerprint density at radius 1 is 1.22 bits per heavy atom. The van der Waals surface area contributed by atoms with E-state index in [4.69, 9.17) is 10.5 Å². The predicted octanol–water partition coefficient (Wildman–Crippen LogP) is 1.57. The molecule has 1 fully saturated rings. The molecule has 98 valence electrons. The lowest BCUT2D eigenvalue weighted by molar-refractivity contribution is -0.150. The summed E-state index contributed by atoms with van der Waals surface area (Å²) in [4.78, 5) is 0. The zero-order chi connectivity index (χ0) is 12.6. The van der Waals surface area contributed by atoms with Gasteiger partial charge in [0.1, 0.15) is 0 Å². The number of nitrogens with two attached hydrogens (primary N) is 1. The number of rotatable bonds is 3. The third kappa shape index (κ3) is 1.87. The second kappa shape index (κ2) is 4.65. The van der Waals surface area contributed by atoms with Crippen molar-refractivity contribution < 1.29 is 9.84 Å². The summed E-state index contributed by atoms with van der Waals surface area (Å²) in [5, 5.41) is 9.55. The highest BCUT2D eigenvalue weighted by Crippen LogP contribution is 2.39. The van der Waals surface area contributed by atoms with Gasteiger partial charge in [-0.2, -0.15) is 0 Å². The topological polar surface area (TPSA) is 55.5 Å². The molecule has 1 saturated heterocycles. The molecule has 1 unspecified atom stereocenters. The van der Waals surface area contributed by atoms with Crippen LogP contribution in [-0.2, 0) is 17.6 Å². The molecule has 3 nitrogen and oxygen atoms in total. The van der Waals surface area contributed by atoms with Gasteiger partial charge in [0.05, 0.1) is 25.2 Å². The molecular weight excluding hydrogens is 226 g/mol. The number of benzene rings is 1. The van der Waals surface area contributed by atoms with Crippen LogP contribution >= 0.6 is 0 Å². The molecule has 0 spiro atoms. The normalized spacial score (nSPS) is 23.0. The van der Waals surface area contributed by atoms with Gasteiger partial charge >= 0.3 is 0 Å². The van der Waals surface area contributed by atoms with E-state index in [2.05, 4.69) is 18.2 Å². The van der Waals surface area contributed by atoms with Crippen LogP contribution in [0.4, 0.5) is 0 Å². The highest BCUT2D eigenvalue weighted by Gasteiger charge is 2.44. The molecule has 0 saturated carbocycles. The molecule has 1 aliphatic heterocycles. The summed E-state index contributed by atoms with van der Waals surface area (Å²) in [7, 11) is 0. The van der Waals surface area contributed by atoms with Crippen molar-refractivity contribution in [3.63, 3.8) is 0 Å². The second-order valence-electron chi connectivity index (χ2n) is 5.73. The third-order valence-electron chi connectivity index (χ3n) is 4.49. The fourth-order valence-corrected chi connectivity index (χ4v) is 3.03. The van der Waals surface area contributed by atoms with E-state index < -0.39 is 0 Å². The fraction of sp³-hybridized carbons (Fsp3) is 0.600. The van der Waals surface area contributed by atoms with Gasteiger partial charge in [0.25, 0.3) is 0 Å². The summed E-state index contributed by atoms with van der Waals surface area (Å²) >= 11 is 0. The Morgan fingerprint density at radius 2 is 1.94 bits per heavy atom. The second-order valence-corrected chi connectivity index (χ2v) is 5.73. The van der Waals surface area contributed by atoms with Crippen LogP contribution in [0.5, 0.6) is 0 Å². The van der Waals surface area contributed by atoms with Crippen molar-refractivity contribution in [2.24, 2.45) is 11.1 Å². The zero-order valence-corrected chi connectivity index (χ0v) is 10.7. The van der Waals surface area contributed by atoms with Crippen molar-refractivity contribution in [1.82, 2.24) is 0 Å². The number of fused-ring (bicyclic) bond motifs is 1. The van der Waals surface area contributed by atoms with Gasteiger partial charge in [-0.25, -0.2) is 0 Å². The van der Waals surface area contributed by atoms with E-state index in [1.807, 2.05) is 0 Å². The molecule has 1 heterocycles. The van der Waals surface area contributed by atoms with Gasteiger partial charge in [0.2, 0.25) is 0 Å². The lowest BCUT2D eigenvalue weighted by Gasteiger charge is -2.44. The molecular formula is C15H21NO2. The summed E-state index contributed by atoms with van der Waals surface area (Å²) in [5.41, 5.74) is 10.1. The van der Waals surface area contributed by atoms with E-state index in [1.54, 1.807) is 0 Å². The van der Waals surface area contributed by atoms with Gasteiger partial charge in [-0.1, -0.05) is 18.2 Å². The van der Waals surface area contributed by atoms with Gasteiger partial charge in [0, 0.05) is 6.04 Å². The third-order valence-corrected chi connectivity index (χ3v) is 4.49. The average Bonchev–Trinajstić information content (AvgIpc) is 2.37. The average molecular weight is 247 g/mol. The molecule has 0 radical (unpaired) electrons.